The molecule has 1 aromatic carbocycles. The summed E-state index contributed by atoms with van der Waals surface area (Å²) in [6, 6.07) is 10.5. The number of rotatable bonds is 11. The molecule has 4 amide bonds. The van der Waals surface area contributed by atoms with Crippen molar-refractivity contribution in [3.8, 4) is 0 Å². The first kappa shape index (κ1) is 30.8. The number of cyclic esters (lactones) is 1. The molecule has 0 radical (unpaired) electrons. The third-order valence-electron chi connectivity index (χ3n) is 7.52. The predicted molar refractivity (Wildman–Crippen MR) is 151 cm³/mol. The molecule has 0 spiro atoms. The highest BCUT2D eigenvalue weighted by molar-refractivity contribution is 5.95. The van der Waals surface area contributed by atoms with Crippen LogP contribution in [-0.2, 0) is 30.5 Å². The fourth-order valence-electron chi connectivity index (χ4n) is 5.41. The molecule has 42 heavy (non-hydrogen) atoms. The van der Waals surface area contributed by atoms with E-state index in [1.54, 1.807) is 36.7 Å². The van der Waals surface area contributed by atoms with Gasteiger partial charge in [0, 0.05) is 18.0 Å². The number of nitrogens with zero attached hydrogens (tertiary/aromatic N) is 3. The number of benzene rings is 1. The normalized spacial score (nSPS) is 21.5. The third-order valence-corrected chi connectivity index (χ3v) is 7.52. The van der Waals surface area contributed by atoms with Crippen molar-refractivity contribution in [1.82, 2.24) is 15.2 Å². The van der Waals surface area contributed by atoms with Gasteiger partial charge in [-0.2, -0.15) is 9.28 Å². The number of carbonyl (C=O) groups excluding carboxylic acids is 5. The molecular formula is C31H39N4O7+. The highest BCUT2D eigenvalue weighted by atomic mass is 16.6. The zero-order chi connectivity index (χ0) is 30.4. The number of imide groups is 1. The SMILES string of the molecule is CC(C)C[C@H](NC(=O)[C@H](CC(C)C)N1C(=O)OC1c1ccncc1)C(=O)[N+]1(C(=O)OCc2ccccc2)CCC(=O)C1. The lowest BCUT2D eigenvalue weighted by molar-refractivity contribution is -0.766. The van der Waals surface area contributed by atoms with Crippen LogP contribution < -0.4 is 5.32 Å². The van der Waals surface area contributed by atoms with E-state index in [0.29, 0.717) is 12.0 Å². The maximum absolute atomic E-state index is 14.2. The molecule has 2 unspecified atom stereocenters. The molecule has 2 fully saturated rings. The Morgan fingerprint density at radius 2 is 1.69 bits per heavy atom. The monoisotopic (exact) mass is 579 g/mol. The maximum Gasteiger partial charge on any atom is 0.524 e. The van der Waals surface area contributed by atoms with Crippen LogP contribution in [0.2, 0.25) is 0 Å². The molecule has 4 atom stereocenters. The van der Waals surface area contributed by atoms with Gasteiger partial charge in [-0.3, -0.25) is 19.5 Å². The van der Waals surface area contributed by atoms with Crippen LogP contribution in [0.1, 0.15) is 64.3 Å². The lowest BCUT2D eigenvalue weighted by atomic mass is 9.97. The van der Waals surface area contributed by atoms with Crippen molar-refractivity contribution in [3.05, 3.63) is 66.0 Å². The Morgan fingerprint density at radius 1 is 1.02 bits per heavy atom. The summed E-state index contributed by atoms with van der Waals surface area (Å²) in [5, 5.41) is 2.86. The molecule has 0 bridgehead atoms. The number of ketones is 1. The van der Waals surface area contributed by atoms with Gasteiger partial charge >= 0.3 is 18.1 Å². The highest BCUT2D eigenvalue weighted by Crippen LogP contribution is 2.36. The van der Waals surface area contributed by atoms with E-state index in [1.165, 1.54) is 4.90 Å². The smallest absolute Gasteiger partial charge is 0.421 e. The van der Waals surface area contributed by atoms with Gasteiger partial charge in [-0.05, 0) is 42.4 Å². The topological polar surface area (TPSA) is 132 Å². The summed E-state index contributed by atoms with van der Waals surface area (Å²) in [7, 11) is 0. The zero-order valence-corrected chi connectivity index (χ0v) is 24.5. The molecular weight excluding hydrogens is 540 g/mol. The number of amides is 4. The Balaban J connectivity index is 1.58. The van der Waals surface area contributed by atoms with Gasteiger partial charge in [-0.1, -0.05) is 58.0 Å². The molecule has 4 rings (SSSR count). The summed E-state index contributed by atoms with van der Waals surface area (Å²) in [5.74, 6) is -1.34. The average Bonchev–Trinajstić information content (AvgIpc) is 3.36. The van der Waals surface area contributed by atoms with Gasteiger partial charge in [-0.15, -0.1) is 0 Å². The molecule has 2 aromatic rings. The number of hydrogen-bond acceptors (Lipinski definition) is 8. The maximum atomic E-state index is 14.2. The second kappa shape index (κ2) is 13.2. The highest BCUT2D eigenvalue weighted by Gasteiger charge is 2.55. The van der Waals surface area contributed by atoms with Crippen molar-refractivity contribution < 1.29 is 37.9 Å². The number of likely N-dealkylation sites (tertiary alicyclic amines) is 1. The standard InChI is InChI=1S/C31H38N4O7/c1-20(2)16-25(29(38)35(15-12-24(36)18-35)31(40)41-19-22-8-6-5-7-9-22)33-27(37)26(17-21(3)4)34-28(42-30(34)39)23-10-13-32-14-11-23/h5-11,13-14,20-21,25-26,28H,12,15-19H2,1-4H3/p+1/t25-,26-,28?,35?/m0/s1. The Hall–Kier alpha value is -4.12. The lowest BCUT2D eigenvalue weighted by Gasteiger charge is -2.44. The molecule has 0 saturated carbocycles. The predicted octanol–water partition coefficient (Wildman–Crippen LogP) is 4.13. The first-order valence-corrected chi connectivity index (χ1v) is 14.4. The summed E-state index contributed by atoms with van der Waals surface area (Å²) < 4.78 is 10.1. The molecule has 11 heteroatoms. The Labute approximate surface area is 245 Å². The fraction of sp³-hybridized carbons (Fsp3) is 0.484. The Kier molecular flexibility index (Phi) is 9.72. The molecule has 2 aliphatic heterocycles. The van der Waals surface area contributed by atoms with E-state index < -0.39 is 46.8 Å². The molecule has 1 N–H and O–H groups in total. The molecule has 3 heterocycles. The van der Waals surface area contributed by atoms with Gasteiger partial charge in [0.1, 0.15) is 25.2 Å². The van der Waals surface area contributed by atoms with E-state index in [0.717, 1.165) is 5.56 Å². The van der Waals surface area contributed by atoms with Gasteiger partial charge in [0.25, 0.3) is 0 Å². The minimum Gasteiger partial charge on any atom is -0.421 e. The van der Waals surface area contributed by atoms with E-state index in [4.69, 9.17) is 9.47 Å². The van der Waals surface area contributed by atoms with Crippen LogP contribution in [-0.4, -0.2) is 69.3 Å². The van der Waals surface area contributed by atoms with Crippen LogP contribution in [0.3, 0.4) is 0 Å². The van der Waals surface area contributed by atoms with Crippen LogP contribution in [0, 0.1) is 11.8 Å². The number of nitrogens with one attached hydrogen (secondary N) is 1. The second-order valence-corrected chi connectivity index (χ2v) is 11.8. The molecule has 1 aromatic heterocycles. The first-order valence-electron chi connectivity index (χ1n) is 14.4. The number of ether oxygens (including phenoxy) is 2. The largest absolute Gasteiger partial charge is 0.524 e. The summed E-state index contributed by atoms with van der Waals surface area (Å²) in [6.45, 7) is 7.26. The van der Waals surface area contributed by atoms with E-state index in [9.17, 15) is 24.0 Å². The van der Waals surface area contributed by atoms with Gasteiger partial charge in [-0.25, -0.2) is 9.59 Å². The molecule has 2 aliphatic rings. The second-order valence-electron chi connectivity index (χ2n) is 11.8. The van der Waals surface area contributed by atoms with Crippen LogP contribution in [0.25, 0.3) is 0 Å². The zero-order valence-electron chi connectivity index (χ0n) is 24.5. The van der Waals surface area contributed by atoms with Crippen molar-refractivity contribution in [2.75, 3.05) is 13.1 Å². The van der Waals surface area contributed by atoms with Crippen LogP contribution in [0.4, 0.5) is 9.59 Å². The molecule has 224 valence electrons. The quantitative estimate of drug-likeness (QED) is 0.393. The summed E-state index contributed by atoms with van der Waals surface area (Å²) in [4.78, 5) is 72.0. The Morgan fingerprint density at radius 3 is 2.26 bits per heavy atom. The number of hydrogen-bond donors (Lipinski definition) is 1. The Bertz CT molecular complexity index is 1300. The van der Waals surface area contributed by atoms with Gasteiger partial charge in [0.05, 0.1) is 6.42 Å². The van der Waals surface area contributed by atoms with Crippen LogP contribution in [0.5, 0.6) is 0 Å². The van der Waals surface area contributed by atoms with Crippen LogP contribution in [0.15, 0.2) is 54.9 Å². The number of aromatic nitrogens is 1. The molecule has 0 aliphatic carbocycles. The first-order chi connectivity index (χ1) is 20.0. The number of Topliss-reactive ketones (excluding diaryl/α,β-unsaturated/α-hetero) is 1. The minimum atomic E-state index is -1.08. The van der Waals surface area contributed by atoms with Crippen molar-refractivity contribution >= 4 is 29.8 Å². The number of quaternary nitrogens is 1. The number of carbonyl (C=O) groups is 5. The van der Waals surface area contributed by atoms with Gasteiger partial charge in [0.15, 0.2) is 12.3 Å². The molecule has 2 saturated heterocycles. The average molecular weight is 580 g/mol. The van der Waals surface area contributed by atoms with E-state index in [-0.39, 0.29) is 50.2 Å². The van der Waals surface area contributed by atoms with Crippen LogP contribution >= 0.6 is 0 Å². The van der Waals surface area contributed by atoms with Gasteiger partial charge < -0.3 is 14.8 Å². The fourth-order valence-corrected chi connectivity index (χ4v) is 5.41. The lowest BCUT2D eigenvalue weighted by Crippen LogP contribution is -2.65. The van der Waals surface area contributed by atoms with Gasteiger partial charge in [0.2, 0.25) is 12.1 Å². The van der Waals surface area contributed by atoms with Crippen molar-refractivity contribution in [2.45, 2.75) is 71.9 Å². The van der Waals surface area contributed by atoms with Crippen molar-refractivity contribution in [2.24, 2.45) is 11.8 Å². The summed E-state index contributed by atoms with van der Waals surface area (Å²) in [5.41, 5.74) is 1.41. The van der Waals surface area contributed by atoms with Crippen molar-refractivity contribution in [1.29, 1.82) is 0 Å². The van der Waals surface area contributed by atoms with Crippen molar-refractivity contribution in [3.63, 3.8) is 0 Å². The van der Waals surface area contributed by atoms with E-state index >= 15 is 0 Å². The van der Waals surface area contributed by atoms with E-state index in [1.807, 2.05) is 45.9 Å². The summed E-state index contributed by atoms with van der Waals surface area (Å²) >= 11 is 0. The number of pyridine rings is 1. The summed E-state index contributed by atoms with van der Waals surface area (Å²) in [6.07, 6.45) is 1.54. The third kappa shape index (κ3) is 6.84. The minimum absolute atomic E-state index is 0.0277. The molecule has 11 nitrogen and oxygen atoms in total. The van der Waals surface area contributed by atoms with E-state index in [2.05, 4.69) is 10.3 Å².